The van der Waals surface area contributed by atoms with E-state index >= 15 is 0 Å². The van der Waals surface area contributed by atoms with Gasteiger partial charge in [-0.1, -0.05) is 42.3 Å². The number of methoxy groups -OCH3 is 2. The van der Waals surface area contributed by atoms with Crippen molar-refractivity contribution in [2.75, 3.05) is 19.5 Å². The Morgan fingerprint density at radius 1 is 1.17 bits per heavy atom. The smallest absolute Gasteiger partial charge is 0.186 e. The van der Waals surface area contributed by atoms with Crippen molar-refractivity contribution in [2.24, 2.45) is 0 Å². The highest BCUT2D eigenvalue weighted by Crippen LogP contribution is 2.30. The van der Waals surface area contributed by atoms with E-state index in [1.807, 2.05) is 25.1 Å². The summed E-state index contributed by atoms with van der Waals surface area (Å²) in [6.07, 6.45) is 2.07. The van der Waals surface area contributed by atoms with Gasteiger partial charge in [0.1, 0.15) is 5.15 Å². The van der Waals surface area contributed by atoms with Crippen LogP contribution in [0.2, 0.25) is 10.2 Å². The summed E-state index contributed by atoms with van der Waals surface area (Å²) in [6.45, 7) is 4.13. The summed E-state index contributed by atoms with van der Waals surface area (Å²) in [6, 6.07) is 8.10. The van der Waals surface area contributed by atoms with Crippen molar-refractivity contribution in [3.05, 3.63) is 57.3 Å². The van der Waals surface area contributed by atoms with Gasteiger partial charge in [0.25, 0.3) is 0 Å². The van der Waals surface area contributed by atoms with Crippen LogP contribution in [0.5, 0.6) is 0 Å². The van der Waals surface area contributed by atoms with Crippen LogP contribution >= 0.6 is 23.2 Å². The Labute approximate surface area is 153 Å². The fourth-order valence-electron chi connectivity index (χ4n) is 2.57. The van der Waals surface area contributed by atoms with Crippen molar-refractivity contribution in [3.8, 4) is 0 Å². The van der Waals surface area contributed by atoms with Crippen LogP contribution in [0.4, 0.5) is 5.69 Å². The molecule has 1 atom stereocenters. The molecule has 24 heavy (non-hydrogen) atoms. The van der Waals surface area contributed by atoms with E-state index in [1.165, 1.54) is 5.56 Å². The molecule has 2 rings (SSSR count). The van der Waals surface area contributed by atoms with E-state index in [9.17, 15) is 0 Å². The van der Waals surface area contributed by atoms with Gasteiger partial charge >= 0.3 is 0 Å². The topological polar surface area (TPSA) is 43.4 Å². The maximum absolute atomic E-state index is 6.16. The predicted molar refractivity (Wildman–Crippen MR) is 98.8 cm³/mol. The first-order valence-corrected chi connectivity index (χ1v) is 8.49. The average Bonchev–Trinajstić information content (AvgIpc) is 2.58. The van der Waals surface area contributed by atoms with Crippen molar-refractivity contribution in [1.29, 1.82) is 0 Å². The van der Waals surface area contributed by atoms with E-state index in [4.69, 9.17) is 32.7 Å². The Balaban J connectivity index is 2.27. The van der Waals surface area contributed by atoms with Crippen LogP contribution in [0.15, 0.2) is 30.5 Å². The molecular formula is C18H22Cl2N2O2. The first-order chi connectivity index (χ1) is 11.5. The first kappa shape index (κ1) is 19.0. The fraction of sp³-hybridized carbons (Fsp3) is 0.389. The number of ether oxygens (including phenoxy) is 2. The number of nitrogens with zero attached hydrogens (tertiary/aromatic N) is 1. The van der Waals surface area contributed by atoms with Gasteiger partial charge in [-0.3, -0.25) is 0 Å². The molecule has 0 radical (unpaired) electrons. The van der Waals surface area contributed by atoms with Crippen LogP contribution in [0, 0.1) is 6.92 Å². The van der Waals surface area contributed by atoms with Crippen molar-refractivity contribution >= 4 is 28.9 Å². The normalized spacial score (nSPS) is 12.5. The number of benzene rings is 1. The maximum atomic E-state index is 6.16. The summed E-state index contributed by atoms with van der Waals surface area (Å²) >= 11 is 12.3. The molecule has 0 unspecified atom stereocenters. The van der Waals surface area contributed by atoms with Gasteiger partial charge in [0.05, 0.1) is 17.9 Å². The molecule has 4 nitrogen and oxygen atoms in total. The van der Waals surface area contributed by atoms with E-state index in [-0.39, 0.29) is 6.04 Å². The number of hydrogen-bond donors (Lipinski definition) is 1. The van der Waals surface area contributed by atoms with E-state index < -0.39 is 6.29 Å². The molecule has 6 heteroatoms. The Hall–Kier alpha value is -1.33. The van der Waals surface area contributed by atoms with Gasteiger partial charge in [-0.05, 0) is 36.6 Å². The number of aryl methyl sites for hydroxylation is 1. The highest BCUT2D eigenvalue weighted by Gasteiger charge is 2.17. The Bertz CT molecular complexity index is 691. The third-order valence-corrected chi connectivity index (χ3v) is 4.62. The molecule has 130 valence electrons. The van der Waals surface area contributed by atoms with Crippen molar-refractivity contribution in [2.45, 2.75) is 32.6 Å². The standard InChI is InChI=1S/C18H22Cl2N2O2/c1-5-16(12-6-7-15(19)11(2)8-12)22-13-9-14(17(20)21-10-13)18(23-3)24-4/h6-10,16,18,22H,5H2,1-4H3/t16-/m1/s1. The second-order valence-electron chi connectivity index (χ2n) is 5.52. The van der Waals surface area contributed by atoms with E-state index in [0.29, 0.717) is 10.7 Å². The van der Waals surface area contributed by atoms with E-state index in [1.54, 1.807) is 20.4 Å². The first-order valence-electron chi connectivity index (χ1n) is 7.73. The number of pyridine rings is 1. The summed E-state index contributed by atoms with van der Waals surface area (Å²) in [5, 5.41) is 4.62. The molecule has 1 heterocycles. The molecule has 0 bridgehead atoms. The molecule has 0 aliphatic heterocycles. The van der Waals surface area contributed by atoms with Crippen LogP contribution in [0.25, 0.3) is 0 Å². The van der Waals surface area contributed by atoms with Crippen LogP contribution in [0.3, 0.4) is 0 Å². The molecule has 0 amide bonds. The Morgan fingerprint density at radius 3 is 2.46 bits per heavy atom. The summed E-state index contributed by atoms with van der Waals surface area (Å²) < 4.78 is 10.6. The predicted octanol–water partition coefficient (Wildman–Crippen LogP) is 5.55. The minimum absolute atomic E-state index is 0.139. The minimum Gasteiger partial charge on any atom is -0.377 e. The molecule has 1 aromatic carbocycles. The molecule has 1 N–H and O–H groups in total. The van der Waals surface area contributed by atoms with E-state index in [0.717, 1.165) is 22.7 Å². The second kappa shape index (κ2) is 8.67. The van der Waals surface area contributed by atoms with Crippen molar-refractivity contribution in [1.82, 2.24) is 4.98 Å². The van der Waals surface area contributed by atoms with Crippen LogP contribution in [-0.4, -0.2) is 19.2 Å². The summed E-state index contributed by atoms with van der Waals surface area (Å²) in [4.78, 5) is 4.23. The van der Waals surface area contributed by atoms with Gasteiger partial charge in [0.2, 0.25) is 0 Å². The zero-order valence-corrected chi connectivity index (χ0v) is 15.8. The van der Waals surface area contributed by atoms with Gasteiger partial charge in [0, 0.05) is 24.8 Å². The number of nitrogens with one attached hydrogen (secondary N) is 1. The molecule has 0 saturated carbocycles. The number of rotatable bonds is 7. The lowest BCUT2D eigenvalue weighted by Gasteiger charge is -2.21. The lowest BCUT2D eigenvalue weighted by atomic mass is 10.0. The zero-order chi connectivity index (χ0) is 17.7. The van der Waals surface area contributed by atoms with Gasteiger partial charge in [-0.25, -0.2) is 4.98 Å². The highest BCUT2D eigenvalue weighted by atomic mass is 35.5. The van der Waals surface area contributed by atoms with Crippen molar-refractivity contribution in [3.63, 3.8) is 0 Å². The summed E-state index contributed by atoms with van der Waals surface area (Å²) in [7, 11) is 3.13. The molecule has 0 aliphatic carbocycles. The van der Waals surface area contributed by atoms with Gasteiger partial charge < -0.3 is 14.8 Å². The van der Waals surface area contributed by atoms with Gasteiger partial charge in [-0.2, -0.15) is 0 Å². The molecular weight excluding hydrogens is 347 g/mol. The second-order valence-corrected chi connectivity index (χ2v) is 6.29. The van der Waals surface area contributed by atoms with E-state index in [2.05, 4.69) is 23.3 Å². The maximum Gasteiger partial charge on any atom is 0.186 e. The third-order valence-electron chi connectivity index (χ3n) is 3.88. The molecule has 2 aromatic rings. The molecule has 0 spiro atoms. The zero-order valence-electron chi connectivity index (χ0n) is 14.3. The van der Waals surface area contributed by atoms with Gasteiger partial charge in [0.15, 0.2) is 6.29 Å². The summed E-state index contributed by atoms with van der Waals surface area (Å²) in [5.41, 5.74) is 3.77. The highest BCUT2D eigenvalue weighted by molar-refractivity contribution is 6.31. The molecule has 0 fully saturated rings. The summed E-state index contributed by atoms with van der Waals surface area (Å²) in [5.74, 6) is 0. The fourth-order valence-corrected chi connectivity index (χ4v) is 2.88. The molecule has 0 saturated heterocycles. The minimum atomic E-state index is -0.551. The van der Waals surface area contributed by atoms with Crippen molar-refractivity contribution < 1.29 is 9.47 Å². The number of anilines is 1. The molecule has 0 aliphatic rings. The lowest BCUT2D eigenvalue weighted by molar-refractivity contribution is -0.106. The lowest BCUT2D eigenvalue weighted by Crippen LogP contribution is -2.12. The number of halogens is 2. The third kappa shape index (κ3) is 4.39. The largest absolute Gasteiger partial charge is 0.377 e. The van der Waals surface area contributed by atoms with Gasteiger partial charge in [-0.15, -0.1) is 0 Å². The molecule has 1 aromatic heterocycles. The monoisotopic (exact) mass is 368 g/mol. The average molecular weight is 369 g/mol. The van der Waals surface area contributed by atoms with Crippen LogP contribution < -0.4 is 5.32 Å². The Morgan fingerprint density at radius 2 is 1.88 bits per heavy atom. The quantitative estimate of drug-likeness (QED) is 0.513. The SMILES string of the molecule is CC[C@@H](Nc1cnc(Cl)c(C(OC)OC)c1)c1ccc(Cl)c(C)c1. The number of hydrogen-bond acceptors (Lipinski definition) is 4. The van der Waals surface area contributed by atoms with Crippen LogP contribution in [-0.2, 0) is 9.47 Å². The Kier molecular flexibility index (Phi) is 6.87. The number of aromatic nitrogens is 1. The van der Waals surface area contributed by atoms with Crippen LogP contribution in [0.1, 0.15) is 42.4 Å².